The summed E-state index contributed by atoms with van der Waals surface area (Å²) in [5.74, 6) is -2.53. The van der Waals surface area contributed by atoms with Crippen molar-refractivity contribution in [3.05, 3.63) is 113 Å². The summed E-state index contributed by atoms with van der Waals surface area (Å²) in [6.45, 7) is 4.81. The molecule has 286 valence electrons. The second-order valence-corrected chi connectivity index (χ2v) is 16.3. The summed E-state index contributed by atoms with van der Waals surface area (Å²) in [4.78, 5) is 48.3. The second kappa shape index (κ2) is 15.0. The van der Waals surface area contributed by atoms with E-state index < -0.39 is 79.2 Å². The van der Waals surface area contributed by atoms with Crippen LogP contribution in [0, 0.1) is 13.8 Å². The van der Waals surface area contributed by atoms with Crippen LogP contribution < -0.4 is 21.3 Å². The van der Waals surface area contributed by atoms with E-state index in [1.165, 1.54) is 43.3 Å². The van der Waals surface area contributed by atoms with Gasteiger partial charge >= 0.3 is 0 Å². The van der Waals surface area contributed by atoms with Gasteiger partial charge in [0.2, 0.25) is 5.91 Å². The van der Waals surface area contributed by atoms with Crippen LogP contribution >= 0.6 is 0 Å². The molecule has 5 aromatic carbocycles. The largest absolute Gasteiger partial charge is 0.326 e. The molecule has 0 spiro atoms. The molecule has 7 N–H and O–H groups in total. The molecular formula is C35H30N4O13S3. The van der Waals surface area contributed by atoms with Gasteiger partial charge in [-0.05, 0) is 91.7 Å². The van der Waals surface area contributed by atoms with Crippen molar-refractivity contribution < 1.29 is 58.1 Å². The second-order valence-electron chi connectivity index (χ2n) is 12.1. The maximum atomic E-state index is 13.4. The Morgan fingerprint density at radius 2 is 1.18 bits per heavy atom. The highest BCUT2D eigenvalue weighted by atomic mass is 32.2. The van der Waals surface area contributed by atoms with Gasteiger partial charge in [-0.3, -0.25) is 32.8 Å². The summed E-state index contributed by atoms with van der Waals surface area (Å²) in [7, 11) is -15.7. The minimum Gasteiger partial charge on any atom is -0.326 e. The van der Waals surface area contributed by atoms with Crippen LogP contribution in [-0.2, 0) is 35.1 Å². The van der Waals surface area contributed by atoms with E-state index in [2.05, 4.69) is 21.3 Å². The van der Waals surface area contributed by atoms with Gasteiger partial charge in [0.1, 0.15) is 9.79 Å². The van der Waals surface area contributed by atoms with Crippen molar-refractivity contribution in [3.63, 3.8) is 0 Å². The fraction of sp³-hybridized carbons (Fsp3) is 0.0857. The van der Waals surface area contributed by atoms with Crippen molar-refractivity contribution in [1.82, 2.24) is 0 Å². The average Bonchev–Trinajstić information content (AvgIpc) is 3.07. The third-order valence-corrected chi connectivity index (χ3v) is 10.6. The van der Waals surface area contributed by atoms with Crippen molar-refractivity contribution in [1.29, 1.82) is 0 Å². The number of fused-ring (bicyclic) bond motifs is 1. The number of hydrogen-bond donors (Lipinski definition) is 7. The molecule has 0 heterocycles. The molecule has 0 saturated carbocycles. The Bertz CT molecular complexity index is 2800. The maximum Gasteiger partial charge on any atom is 0.295 e. The standard InChI is InChI=1S/C35H30N4O13S3/c1-18-7-10-25(29(13-18)36-20(3)40)35(43)39-28-15-22(9-8-19(28)2)33(41)37-23-6-4-5-21(14-23)34(42)38-27-11-12-30(54(47,48)49)26-16-24(53(44,45)46)17-31(32(26)27)55(50,51)52/h4-17H,1-3H3,(H,36,40)(H,37,41)(H,38,42)(H,39,43)(H,44,45,46)(H,47,48,49)(H,50,51,52). The summed E-state index contributed by atoms with van der Waals surface area (Å²) in [5.41, 5.74) is 1.82. The Hall–Kier alpha value is -6.03. The number of aryl methyl sites for hydroxylation is 2. The predicted octanol–water partition coefficient (Wildman–Crippen LogP) is 4.91. The van der Waals surface area contributed by atoms with Crippen LogP contribution in [0.5, 0.6) is 0 Å². The molecule has 0 aromatic heterocycles. The molecule has 5 aromatic rings. The number of hydrogen-bond acceptors (Lipinski definition) is 10. The molecule has 55 heavy (non-hydrogen) atoms. The van der Waals surface area contributed by atoms with Gasteiger partial charge in [0.15, 0.2) is 0 Å². The smallest absolute Gasteiger partial charge is 0.295 e. The van der Waals surface area contributed by atoms with Crippen molar-refractivity contribution in [2.45, 2.75) is 35.5 Å². The topological polar surface area (TPSA) is 280 Å². The van der Waals surface area contributed by atoms with Gasteiger partial charge in [0.05, 0.1) is 21.8 Å². The van der Waals surface area contributed by atoms with Crippen LogP contribution in [0.15, 0.2) is 99.6 Å². The Morgan fingerprint density at radius 1 is 0.545 bits per heavy atom. The van der Waals surface area contributed by atoms with Crippen LogP contribution in [-0.4, -0.2) is 62.5 Å². The molecular weight excluding hydrogens is 781 g/mol. The Balaban J connectivity index is 1.43. The molecule has 17 nitrogen and oxygen atoms in total. The minimum absolute atomic E-state index is 0.103. The predicted molar refractivity (Wildman–Crippen MR) is 200 cm³/mol. The first-order valence-electron chi connectivity index (χ1n) is 15.6. The third-order valence-electron chi connectivity index (χ3n) is 7.97. The fourth-order valence-electron chi connectivity index (χ4n) is 5.45. The summed E-state index contributed by atoms with van der Waals surface area (Å²) < 4.78 is 102. The van der Waals surface area contributed by atoms with E-state index >= 15 is 0 Å². The molecule has 0 aliphatic carbocycles. The number of nitrogens with one attached hydrogen (secondary N) is 4. The highest BCUT2D eigenvalue weighted by molar-refractivity contribution is 7.87. The molecule has 4 amide bonds. The van der Waals surface area contributed by atoms with Crippen LogP contribution in [0.1, 0.15) is 49.1 Å². The fourth-order valence-corrected chi connectivity index (χ4v) is 7.49. The van der Waals surface area contributed by atoms with E-state index in [0.29, 0.717) is 29.1 Å². The lowest BCUT2D eigenvalue weighted by Gasteiger charge is -2.15. The van der Waals surface area contributed by atoms with Crippen LogP contribution in [0.25, 0.3) is 10.8 Å². The minimum atomic E-state index is -5.37. The molecule has 0 radical (unpaired) electrons. The van der Waals surface area contributed by atoms with E-state index in [1.807, 2.05) is 0 Å². The molecule has 5 rings (SSSR count). The molecule has 0 fully saturated rings. The first-order chi connectivity index (χ1) is 25.5. The van der Waals surface area contributed by atoms with E-state index in [4.69, 9.17) is 0 Å². The summed E-state index contributed by atoms with van der Waals surface area (Å²) in [6.07, 6.45) is 0. The van der Waals surface area contributed by atoms with Gasteiger partial charge in [-0.1, -0.05) is 18.2 Å². The van der Waals surface area contributed by atoms with Crippen molar-refractivity contribution in [3.8, 4) is 0 Å². The van der Waals surface area contributed by atoms with Crippen molar-refractivity contribution >= 4 is 87.5 Å². The third kappa shape index (κ3) is 9.20. The summed E-state index contributed by atoms with van der Waals surface area (Å²) >= 11 is 0. The number of amides is 4. The molecule has 0 aliphatic rings. The molecule has 0 aliphatic heterocycles. The number of carbonyl (C=O) groups is 4. The normalized spacial score (nSPS) is 11.8. The monoisotopic (exact) mass is 810 g/mol. The van der Waals surface area contributed by atoms with E-state index in [9.17, 15) is 58.1 Å². The highest BCUT2D eigenvalue weighted by Crippen LogP contribution is 2.37. The Labute approximate surface area is 314 Å². The van der Waals surface area contributed by atoms with E-state index in [-0.39, 0.29) is 28.3 Å². The lowest BCUT2D eigenvalue weighted by molar-refractivity contribution is -0.114. The zero-order chi connectivity index (χ0) is 40.6. The van der Waals surface area contributed by atoms with Gasteiger partial charge < -0.3 is 21.3 Å². The molecule has 0 saturated heterocycles. The lowest BCUT2D eigenvalue weighted by atomic mass is 10.1. The Morgan fingerprint density at radius 3 is 1.82 bits per heavy atom. The van der Waals surface area contributed by atoms with Crippen LogP contribution in [0.2, 0.25) is 0 Å². The summed E-state index contributed by atoms with van der Waals surface area (Å²) in [6, 6.07) is 17.2. The van der Waals surface area contributed by atoms with Gasteiger partial charge in [-0.15, -0.1) is 0 Å². The molecule has 20 heteroatoms. The van der Waals surface area contributed by atoms with Gasteiger partial charge in [0, 0.05) is 40.2 Å². The molecule has 0 unspecified atom stereocenters. The van der Waals surface area contributed by atoms with Crippen LogP contribution in [0.3, 0.4) is 0 Å². The summed E-state index contributed by atoms with van der Waals surface area (Å²) in [5, 5.41) is 8.83. The number of anilines is 4. The number of rotatable bonds is 10. The SMILES string of the molecule is CC(=O)Nc1cc(C)ccc1C(=O)Nc1cc(C(=O)Nc2cccc(C(=O)Nc3ccc(S(=O)(=O)O)c4cc(S(=O)(=O)O)cc(S(=O)(=O)O)c34)c2)ccc1C. The zero-order valence-corrected chi connectivity index (χ0v) is 31.2. The Kier molecular flexibility index (Phi) is 11.0. The lowest BCUT2D eigenvalue weighted by Crippen LogP contribution is -2.18. The van der Waals surface area contributed by atoms with Crippen LogP contribution in [0.4, 0.5) is 22.7 Å². The van der Waals surface area contributed by atoms with E-state index in [0.717, 1.165) is 17.7 Å². The van der Waals surface area contributed by atoms with Crippen molar-refractivity contribution in [2.75, 3.05) is 21.3 Å². The highest BCUT2D eigenvalue weighted by Gasteiger charge is 2.27. The molecule has 0 atom stereocenters. The van der Waals surface area contributed by atoms with Gasteiger partial charge in [0.25, 0.3) is 48.1 Å². The number of carbonyl (C=O) groups excluding carboxylic acids is 4. The first-order valence-corrected chi connectivity index (χ1v) is 19.9. The number of benzene rings is 5. The average molecular weight is 811 g/mol. The van der Waals surface area contributed by atoms with Crippen molar-refractivity contribution in [2.24, 2.45) is 0 Å². The van der Waals surface area contributed by atoms with Gasteiger partial charge in [-0.2, -0.15) is 25.3 Å². The quantitative estimate of drug-likeness (QED) is 0.0925. The zero-order valence-electron chi connectivity index (χ0n) is 28.7. The van der Waals surface area contributed by atoms with E-state index in [1.54, 1.807) is 38.1 Å². The molecule has 0 bridgehead atoms. The maximum absolute atomic E-state index is 13.4. The first kappa shape index (κ1) is 40.2. The van der Waals surface area contributed by atoms with Gasteiger partial charge in [-0.25, -0.2) is 0 Å².